The van der Waals surface area contributed by atoms with Gasteiger partial charge in [0.2, 0.25) is 11.8 Å². The highest BCUT2D eigenvalue weighted by Crippen LogP contribution is 2.28. The summed E-state index contributed by atoms with van der Waals surface area (Å²) >= 11 is 5.45. The number of ether oxygens (including phenoxy) is 1. The largest absolute Gasteiger partial charge is 0.478 e. The molecule has 1 atom stereocenters. The minimum absolute atomic E-state index is 0.0430. The fraction of sp³-hybridized carbons (Fsp3) is 0.273. The maximum atomic E-state index is 11.6. The summed E-state index contributed by atoms with van der Waals surface area (Å²) in [6.45, 7) is 0.318. The fourth-order valence-corrected chi connectivity index (χ4v) is 1.80. The van der Waals surface area contributed by atoms with Gasteiger partial charge in [-0.3, -0.25) is 9.59 Å². The molecular weight excluding hydrogens is 244 g/mol. The van der Waals surface area contributed by atoms with Crippen molar-refractivity contribution in [3.63, 3.8) is 0 Å². The molecular formula is C11H11ClN2O3. The van der Waals surface area contributed by atoms with Crippen LogP contribution in [0.15, 0.2) is 24.3 Å². The number of anilines is 1. The Balaban J connectivity index is 2.12. The summed E-state index contributed by atoms with van der Waals surface area (Å²) in [5.74, 6) is -0.986. The average molecular weight is 255 g/mol. The van der Waals surface area contributed by atoms with Crippen LogP contribution < -0.4 is 15.4 Å². The molecule has 1 aliphatic heterocycles. The number of carbonyl (C=O) groups is 2. The maximum Gasteiger partial charge on any atom is 0.241 e. The number of carbonyl (C=O) groups excluding carboxylic acids is 2. The van der Waals surface area contributed by atoms with Crippen LogP contribution in [-0.4, -0.2) is 24.4 Å². The van der Waals surface area contributed by atoms with Gasteiger partial charge in [0.1, 0.15) is 11.7 Å². The van der Waals surface area contributed by atoms with Crippen molar-refractivity contribution in [1.29, 1.82) is 0 Å². The quantitative estimate of drug-likeness (QED) is 0.489. The Morgan fingerprint density at radius 2 is 2.35 bits per heavy atom. The van der Waals surface area contributed by atoms with Crippen LogP contribution >= 0.6 is 11.6 Å². The van der Waals surface area contributed by atoms with Crippen molar-refractivity contribution < 1.29 is 14.3 Å². The van der Waals surface area contributed by atoms with Crippen molar-refractivity contribution in [2.75, 3.05) is 17.5 Å². The van der Waals surface area contributed by atoms with E-state index in [0.717, 1.165) is 0 Å². The van der Waals surface area contributed by atoms with Gasteiger partial charge >= 0.3 is 0 Å². The predicted molar refractivity (Wildman–Crippen MR) is 62.8 cm³/mol. The van der Waals surface area contributed by atoms with E-state index in [0.29, 0.717) is 18.0 Å². The molecule has 2 rings (SSSR count). The molecule has 0 aliphatic carbocycles. The van der Waals surface area contributed by atoms with Gasteiger partial charge in [0.05, 0.1) is 0 Å². The molecule has 1 aromatic rings. The lowest BCUT2D eigenvalue weighted by molar-refractivity contribution is -0.136. The Morgan fingerprint density at radius 3 is 2.94 bits per heavy atom. The van der Waals surface area contributed by atoms with Crippen LogP contribution in [0.1, 0.15) is 0 Å². The summed E-state index contributed by atoms with van der Waals surface area (Å²) in [5, 5.41) is 0. The summed E-state index contributed by atoms with van der Waals surface area (Å²) < 4.78 is 5.11. The van der Waals surface area contributed by atoms with Gasteiger partial charge in [-0.2, -0.15) is 0 Å². The molecule has 1 unspecified atom stereocenters. The van der Waals surface area contributed by atoms with Crippen molar-refractivity contribution in [3.8, 4) is 5.75 Å². The monoisotopic (exact) mass is 254 g/mol. The Hall–Kier alpha value is -1.75. The summed E-state index contributed by atoms with van der Waals surface area (Å²) in [5.41, 5.74) is 5.75. The molecule has 0 bridgehead atoms. The number of nitrogens with zero attached hydrogens (tertiary/aromatic N) is 1. The fourth-order valence-electron chi connectivity index (χ4n) is 1.67. The highest BCUT2D eigenvalue weighted by molar-refractivity contribution is 6.17. The topological polar surface area (TPSA) is 72.6 Å². The molecule has 17 heavy (non-hydrogen) atoms. The lowest BCUT2D eigenvalue weighted by Gasteiger charge is -2.36. The highest BCUT2D eigenvalue weighted by Gasteiger charge is 2.41. The zero-order chi connectivity index (χ0) is 12.4. The van der Waals surface area contributed by atoms with E-state index in [1.54, 1.807) is 24.3 Å². The van der Waals surface area contributed by atoms with E-state index in [1.165, 1.54) is 4.90 Å². The third-order valence-electron chi connectivity index (χ3n) is 2.62. The molecule has 1 saturated heterocycles. The van der Waals surface area contributed by atoms with E-state index in [2.05, 4.69) is 0 Å². The van der Waals surface area contributed by atoms with Crippen molar-refractivity contribution in [2.24, 2.45) is 11.7 Å². The Morgan fingerprint density at radius 1 is 1.59 bits per heavy atom. The zero-order valence-electron chi connectivity index (χ0n) is 8.93. The van der Waals surface area contributed by atoms with E-state index in [4.69, 9.17) is 22.1 Å². The Labute approximate surface area is 103 Å². The van der Waals surface area contributed by atoms with Crippen LogP contribution in [0.25, 0.3) is 0 Å². The number of primary amides is 1. The Kier molecular flexibility index (Phi) is 3.19. The van der Waals surface area contributed by atoms with Gasteiger partial charge in [0.25, 0.3) is 0 Å². The van der Waals surface area contributed by atoms with Crippen LogP contribution in [-0.2, 0) is 9.59 Å². The van der Waals surface area contributed by atoms with Crippen LogP contribution in [0.3, 0.4) is 0 Å². The summed E-state index contributed by atoms with van der Waals surface area (Å²) in [6.07, 6.45) is 0. The maximum absolute atomic E-state index is 11.6. The number of halogens is 1. The minimum atomic E-state index is -0.701. The molecule has 0 saturated carbocycles. The molecule has 2 N–H and O–H groups in total. The zero-order valence-corrected chi connectivity index (χ0v) is 9.68. The number of rotatable bonds is 4. The van der Waals surface area contributed by atoms with E-state index in [-0.39, 0.29) is 12.0 Å². The summed E-state index contributed by atoms with van der Waals surface area (Å²) in [4.78, 5) is 24.0. The second-order valence-electron chi connectivity index (χ2n) is 3.65. The molecule has 5 nitrogen and oxygen atoms in total. The SMILES string of the molecule is NC(=O)C1CN(c2cccc(OCCl)c2)C1=O. The standard InChI is InChI=1S/C11H11ClN2O3/c12-6-17-8-3-1-2-7(4-8)14-5-9(10(13)15)11(14)16/h1-4,9H,5-6H2,(H2,13,15). The molecule has 1 fully saturated rings. The molecule has 0 radical (unpaired) electrons. The summed E-state index contributed by atoms with van der Waals surface area (Å²) in [6, 6.07) is 6.98. The van der Waals surface area contributed by atoms with Crippen LogP contribution in [0.2, 0.25) is 0 Å². The van der Waals surface area contributed by atoms with Gasteiger partial charge in [-0.05, 0) is 12.1 Å². The molecule has 6 heteroatoms. The molecule has 1 aromatic carbocycles. The van der Waals surface area contributed by atoms with Crippen LogP contribution in [0.5, 0.6) is 5.75 Å². The second-order valence-corrected chi connectivity index (χ2v) is 3.87. The number of nitrogens with two attached hydrogens (primary N) is 1. The van der Waals surface area contributed by atoms with Gasteiger partial charge in [-0.1, -0.05) is 17.7 Å². The first-order valence-electron chi connectivity index (χ1n) is 5.03. The molecule has 1 aliphatic rings. The molecule has 1 heterocycles. The lowest BCUT2D eigenvalue weighted by atomic mass is 9.97. The molecule has 2 amide bonds. The van der Waals surface area contributed by atoms with Gasteiger partial charge in [-0.25, -0.2) is 0 Å². The lowest BCUT2D eigenvalue weighted by Crippen LogP contribution is -2.57. The van der Waals surface area contributed by atoms with Crippen molar-refractivity contribution in [2.45, 2.75) is 0 Å². The number of benzene rings is 1. The van der Waals surface area contributed by atoms with Gasteiger partial charge in [0, 0.05) is 18.3 Å². The Bertz CT molecular complexity index is 464. The van der Waals surface area contributed by atoms with Gasteiger partial charge in [0.15, 0.2) is 6.07 Å². The minimum Gasteiger partial charge on any atom is -0.478 e. The third-order valence-corrected chi connectivity index (χ3v) is 2.73. The first kappa shape index (κ1) is 11.7. The van der Waals surface area contributed by atoms with Crippen LogP contribution in [0, 0.1) is 5.92 Å². The number of alkyl halides is 1. The number of β-lactam (4-membered cyclic amide) rings is 1. The first-order chi connectivity index (χ1) is 8.13. The number of amides is 2. The molecule has 0 aromatic heterocycles. The molecule has 90 valence electrons. The van der Waals surface area contributed by atoms with Gasteiger partial charge < -0.3 is 15.4 Å². The third kappa shape index (κ3) is 2.19. The van der Waals surface area contributed by atoms with E-state index >= 15 is 0 Å². The average Bonchev–Trinajstić information content (AvgIpc) is 2.27. The highest BCUT2D eigenvalue weighted by atomic mass is 35.5. The van der Waals surface area contributed by atoms with Crippen molar-refractivity contribution >= 4 is 29.1 Å². The second kappa shape index (κ2) is 4.63. The molecule has 0 spiro atoms. The number of hydrogen-bond acceptors (Lipinski definition) is 3. The van der Waals surface area contributed by atoms with E-state index < -0.39 is 11.8 Å². The number of hydrogen-bond donors (Lipinski definition) is 1. The summed E-state index contributed by atoms with van der Waals surface area (Å²) in [7, 11) is 0. The van der Waals surface area contributed by atoms with Gasteiger partial charge in [-0.15, -0.1) is 0 Å². The predicted octanol–water partition coefficient (Wildman–Crippen LogP) is 0.710. The van der Waals surface area contributed by atoms with E-state index in [9.17, 15) is 9.59 Å². The van der Waals surface area contributed by atoms with Crippen molar-refractivity contribution in [3.05, 3.63) is 24.3 Å². The first-order valence-corrected chi connectivity index (χ1v) is 5.56. The van der Waals surface area contributed by atoms with Crippen LogP contribution in [0.4, 0.5) is 5.69 Å². The van der Waals surface area contributed by atoms with Crippen molar-refractivity contribution in [1.82, 2.24) is 0 Å². The smallest absolute Gasteiger partial charge is 0.241 e. The normalized spacial score (nSPS) is 18.8. The van der Waals surface area contributed by atoms with E-state index in [1.807, 2.05) is 0 Å².